The first-order chi connectivity index (χ1) is 13.0. The van der Waals surface area contributed by atoms with E-state index in [0.29, 0.717) is 16.9 Å². The summed E-state index contributed by atoms with van der Waals surface area (Å²) in [5.74, 6) is -0.335. The minimum absolute atomic E-state index is 0.0699. The molecule has 0 aliphatic rings. The Balaban J connectivity index is 1.69. The molecule has 0 bridgehead atoms. The van der Waals surface area contributed by atoms with E-state index in [9.17, 15) is 9.59 Å². The molecule has 1 amide bonds. The van der Waals surface area contributed by atoms with Crippen molar-refractivity contribution in [1.29, 1.82) is 0 Å². The number of rotatable bonds is 4. The molecule has 0 unspecified atom stereocenters. The third-order valence-electron chi connectivity index (χ3n) is 4.34. The van der Waals surface area contributed by atoms with Gasteiger partial charge in [-0.1, -0.05) is 24.3 Å². The van der Waals surface area contributed by atoms with E-state index in [1.807, 2.05) is 48.5 Å². The number of nitrogens with zero attached hydrogens (tertiary/aromatic N) is 2. The van der Waals surface area contributed by atoms with Crippen LogP contribution in [0.5, 0.6) is 0 Å². The summed E-state index contributed by atoms with van der Waals surface area (Å²) in [6, 6.07) is 17.2. The van der Waals surface area contributed by atoms with Gasteiger partial charge in [-0.3, -0.25) is 9.59 Å². The summed E-state index contributed by atoms with van der Waals surface area (Å²) in [5, 5.41) is 3.81. The normalized spacial score (nSPS) is 10.9. The summed E-state index contributed by atoms with van der Waals surface area (Å²) in [7, 11) is 1.75. The van der Waals surface area contributed by atoms with E-state index in [4.69, 9.17) is 0 Å². The van der Waals surface area contributed by atoms with Gasteiger partial charge in [-0.2, -0.15) is 0 Å². The summed E-state index contributed by atoms with van der Waals surface area (Å²) in [6.07, 6.45) is 1.66. The van der Waals surface area contributed by atoms with E-state index in [1.54, 1.807) is 35.2 Å². The van der Waals surface area contributed by atoms with Gasteiger partial charge >= 0.3 is 0 Å². The Labute approximate surface area is 160 Å². The molecule has 0 aliphatic carbocycles. The SMILES string of the molecule is CC(=O)c1cc(C(=O)Nc2ccccc2-c2nc3ccccc3s2)n(C)c1. The predicted molar refractivity (Wildman–Crippen MR) is 108 cm³/mol. The summed E-state index contributed by atoms with van der Waals surface area (Å²) < 4.78 is 2.76. The second kappa shape index (κ2) is 6.81. The minimum atomic E-state index is -0.265. The number of ketones is 1. The lowest BCUT2D eigenvalue weighted by molar-refractivity contribution is 0.101. The predicted octanol–water partition coefficient (Wildman–Crippen LogP) is 4.76. The van der Waals surface area contributed by atoms with Crippen LogP contribution in [0.1, 0.15) is 27.8 Å². The fraction of sp³-hybridized carbons (Fsp3) is 0.0952. The molecule has 0 saturated carbocycles. The molecule has 4 aromatic rings. The number of benzene rings is 2. The topological polar surface area (TPSA) is 64.0 Å². The molecule has 5 nitrogen and oxygen atoms in total. The molecule has 134 valence electrons. The second-order valence-electron chi connectivity index (χ2n) is 6.27. The molecule has 1 N–H and O–H groups in total. The van der Waals surface area contributed by atoms with Gasteiger partial charge in [-0.25, -0.2) is 4.98 Å². The van der Waals surface area contributed by atoms with Crippen molar-refractivity contribution in [1.82, 2.24) is 9.55 Å². The maximum Gasteiger partial charge on any atom is 0.272 e. The Morgan fingerprint density at radius 3 is 2.56 bits per heavy atom. The monoisotopic (exact) mass is 375 g/mol. The van der Waals surface area contributed by atoms with Crippen LogP contribution < -0.4 is 5.32 Å². The lowest BCUT2D eigenvalue weighted by Crippen LogP contribution is -2.15. The lowest BCUT2D eigenvalue weighted by Gasteiger charge is -2.09. The lowest BCUT2D eigenvalue weighted by atomic mass is 10.1. The van der Waals surface area contributed by atoms with Crippen LogP contribution in [-0.4, -0.2) is 21.2 Å². The third-order valence-corrected chi connectivity index (χ3v) is 5.41. The van der Waals surface area contributed by atoms with Gasteiger partial charge in [0.15, 0.2) is 5.78 Å². The molecule has 2 aromatic carbocycles. The Bertz CT molecular complexity index is 1140. The summed E-state index contributed by atoms with van der Waals surface area (Å²) in [6.45, 7) is 1.49. The van der Waals surface area contributed by atoms with Gasteiger partial charge in [0, 0.05) is 24.4 Å². The highest BCUT2D eigenvalue weighted by molar-refractivity contribution is 7.21. The average molecular weight is 375 g/mol. The quantitative estimate of drug-likeness (QED) is 0.523. The van der Waals surface area contributed by atoms with Crippen LogP contribution in [0, 0.1) is 0 Å². The number of fused-ring (bicyclic) bond motifs is 1. The molecule has 0 radical (unpaired) electrons. The van der Waals surface area contributed by atoms with Crippen molar-refractivity contribution < 1.29 is 9.59 Å². The van der Waals surface area contributed by atoms with Crippen molar-refractivity contribution in [2.24, 2.45) is 7.05 Å². The first-order valence-electron chi connectivity index (χ1n) is 8.46. The highest BCUT2D eigenvalue weighted by Crippen LogP contribution is 2.34. The average Bonchev–Trinajstić information content (AvgIpc) is 3.25. The summed E-state index contributed by atoms with van der Waals surface area (Å²) in [4.78, 5) is 29.0. The zero-order valence-corrected chi connectivity index (χ0v) is 15.7. The van der Waals surface area contributed by atoms with E-state index in [1.165, 1.54) is 6.92 Å². The Hall–Kier alpha value is -3.25. The molecule has 0 atom stereocenters. The highest BCUT2D eigenvalue weighted by atomic mass is 32.1. The molecule has 2 aromatic heterocycles. The fourth-order valence-electron chi connectivity index (χ4n) is 2.94. The first kappa shape index (κ1) is 17.2. The zero-order valence-electron chi connectivity index (χ0n) is 14.9. The molecule has 6 heteroatoms. The Morgan fingerprint density at radius 1 is 1.07 bits per heavy atom. The number of amides is 1. The molecule has 4 rings (SSSR count). The number of nitrogens with one attached hydrogen (secondary N) is 1. The van der Waals surface area contributed by atoms with Crippen LogP contribution in [0.3, 0.4) is 0 Å². The van der Waals surface area contributed by atoms with Gasteiger partial charge in [0.25, 0.3) is 5.91 Å². The number of aryl methyl sites for hydroxylation is 1. The van der Waals surface area contributed by atoms with Crippen molar-refractivity contribution >= 4 is 38.9 Å². The molecule has 27 heavy (non-hydrogen) atoms. The van der Waals surface area contributed by atoms with Gasteiger partial charge in [0.05, 0.1) is 15.9 Å². The van der Waals surface area contributed by atoms with Gasteiger partial charge in [0.2, 0.25) is 0 Å². The van der Waals surface area contributed by atoms with Crippen LogP contribution in [0.2, 0.25) is 0 Å². The van der Waals surface area contributed by atoms with Crippen molar-refractivity contribution in [3.05, 3.63) is 72.1 Å². The summed E-state index contributed by atoms with van der Waals surface area (Å²) >= 11 is 1.59. The van der Waals surface area contributed by atoms with Gasteiger partial charge in [0.1, 0.15) is 10.7 Å². The molecular weight excluding hydrogens is 358 g/mol. The van der Waals surface area contributed by atoms with E-state index < -0.39 is 0 Å². The van der Waals surface area contributed by atoms with Crippen LogP contribution >= 0.6 is 11.3 Å². The van der Waals surface area contributed by atoms with Gasteiger partial charge < -0.3 is 9.88 Å². The van der Waals surface area contributed by atoms with Crippen molar-refractivity contribution in [3.63, 3.8) is 0 Å². The third kappa shape index (κ3) is 3.27. The smallest absolute Gasteiger partial charge is 0.272 e. The van der Waals surface area contributed by atoms with Crippen molar-refractivity contribution in [3.8, 4) is 10.6 Å². The second-order valence-corrected chi connectivity index (χ2v) is 7.30. The van der Waals surface area contributed by atoms with Gasteiger partial charge in [-0.15, -0.1) is 11.3 Å². The number of hydrogen-bond donors (Lipinski definition) is 1. The Morgan fingerprint density at radius 2 is 1.81 bits per heavy atom. The van der Waals surface area contributed by atoms with E-state index in [-0.39, 0.29) is 11.7 Å². The van der Waals surface area contributed by atoms with Crippen molar-refractivity contribution in [2.75, 3.05) is 5.32 Å². The number of para-hydroxylation sites is 2. The number of carbonyl (C=O) groups is 2. The number of carbonyl (C=O) groups excluding carboxylic acids is 2. The Kier molecular flexibility index (Phi) is 4.33. The number of anilines is 1. The zero-order chi connectivity index (χ0) is 19.0. The van der Waals surface area contributed by atoms with Crippen LogP contribution in [-0.2, 0) is 7.05 Å². The van der Waals surface area contributed by atoms with Crippen molar-refractivity contribution in [2.45, 2.75) is 6.92 Å². The van der Waals surface area contributed by atoms with Gasteiger partial charge in [-0.05, 0) is 37.3 Å². The standard InChI is InChI=1S/C21H17N3O2S/c1-13(25)14-11-18(24(2)12-14)20(26)22-16-8-4-3-7-15(16)21-23-17-9-5-6-10-19(17)27-21/h3-12H,1-2H3,(H,22,26). The largest absolute Gasteiger partial charge is 0.346 e. The fourth-order valence-corrected chi connectivity index (χ4v) is 3.94. The maximum atomic E-state index is 12.8. The summed E-state index contributed by atoms with van der Waals surface area (Å²) in [5.41, 5.74) is 3.44. The molecule has 0 fully saturated rings. The number of aromatic nitrogens is 2. The first-order valence-corrected chi connectivity index (χ1v) is 9.28. The maximum absolute atomic E-state index is 12.8. The minimum Gasteiger partial charge on any atom is -0.346 e. The van der Waals surface area contributed by atoms with Crippen LogP contribution in [0.4, 0.5) is 5.69 Å². The molecule has 0 spiro atoms. The molecule has 0 aliphatic heterocycles. The molecular formula is C21H17N3O2S. The van der Waals surface area contributed by atoms with Crippen LogP contribution in [0.25, 0.3) is 20.8 Å². The van der Waals surface area contributed by atoms with Crippen LogP contribution in [0.15, 0.2) is 60.8 Å². The number of thiazole rings is 1. The van der Waals surface area contributed by atoms with E-state index in [2.05, 4.69) is 10.3 Å². The molecule has 2 heterocycles. The van der Waals surface area contributed by atoms with E-state index >= 15 is 0 Å². The van der Waals surface area contributed by atoms with E-state index in [0.717, 1.165) is 20.8 Å². The molecule has 0 saturated heterocycles. The number of Topliss-reactive ketones (excluding diaryl/α,β-unsaturated/α-hetero) is 1. The highest BCUT2D eigenvalue weighted by Gasteiger charge is 2.17. The number of hydrogen-bond acceptors (Lipinski definition) is 4.